The summed E-state index contributed by atoms with van der Waals surface area (Å²) in [7, 11) is -0.278. The second kappa shape index (κ2) is 7.82. The zero-order valence-corrected chi connectivity index (χ0v) is 17.5. The average Bonchev–Trinajstić information content (AvgIpc) is 3.23. The number of benzene rings is 1. The SMILES string of the molecule is CN(C)S(=O)(=O)N1CC2CN(C3COC(c4cc(F)ccc4F)C(N)C3)CC2C1. The van der Waals surface area contributed by atoms with Gasteiger partial charge in [0.2, 0.25) is 0 Å². The number of hydrogen-bond acceptors (Lipinski definition) is 5. The summed E-state index contributed by atoms with van der Waals surface area (Å²) in [6.45, 7) is 3.04. The number of fused-ring (bicyclic) bond motifs is 1. The Kier molecular flexibility index (Phi) is 5.69. The second-order valence-electron chi connectivity index (χ2n) is 8.55. The molecule has 4 rings (SSSR count). The molecule has 3 saturated heterocycles. The molecule has 2 N–H and O–H groups in total. The van der Waals surface area contributed by atoms with E-state index in [0.717, 1.165) is 31.3 Å². The zero-order chi connectivity index (χ0) is 20.9. The van der Waals surface area contributed by atoms with Crippen LogP contribution in [0.2, 0.25) is 0 Å². The molecule has 5 unspecified atom stereocenters. The number of rotatable bonds is 4. The van der Waals surface area contributed by atoms with Gasteiger partial charge in [-0.3, -0.25) is 4.90 Å². The van der Waals surface area contributed by atoms with Crippen LogP contribution in [0, 0.1) is 23.5 Å². The van der Waals surface area contributed by atoms with Crippen molar-refractivity contribution in [1.29, 1.82) is 0 Å². The van der Waals surface area contributed by atoms with E-state index in [4.69, 9.17) is 10.5 Å². The molecular weight excluding hydrogens is 402 g/mol. The first kappa shape index (κ1) is 21.1. The molecule has 29 heavy (non-hydrogen) atoms. The molecule has 3 fully saturated rings. The van der Waals surface area contributed by atoms with Crippen molar-refractivity contribution < 1.29 is 21.9 Å². The molecule has 5 atom stereocenters. The minimum atomic E-state index is -3.38. The van der Waals surface area contributed by atoms with Crippen molar-refractivity contribution in [3.8, 4) is 0 Å². The van der Waals surface area contributed by atoms with Crippen molar-refractivity contribution in [2.45, 2.75) is 24.6 Å². The third-order valence-corrected chi connectivity index (χ3v) is 8.32. The predicted octanol–water partition coefficient (Wildman–Crippen LogP) is 0.792. The summed E-state index contributed by atoms with van der Waals surface area (Å²) in [5, 5.41) is 0. The molecule has 0 spiro atoms. The van der Waals surface area contributed by atoms with E-state index in [0.29, 0.717) is 38.0 Å². The number of nitrogens with zero attached hydrogens (tertiary/aromatic N) is 3. The van der Waals surface area contributed by atoms with Crippen molar-refractivity contribution in [2.75, 3.05) is 46.9 Å². The lowest BCUT2D eigenvalue weighted by molar-refractivity contribution is -0.0485. The van der Waals surface area contributed by atoms with Gasteiger partial charge >= 0.3 is 0 Å². The van der Waals surface area contributed by atoms with Crippen LogP contribution in [0.1, 0.15) is 18.1 Å². The first-order valence-electron chi connectivity index (χ1n) is 9.90. The summed E-state index contributed by atoms with van der Waals surface area (Å²) < 4.78 is 61.0. The minimum Gasteiger partial charge on any atom is -0.370 e. The van der Waals surface area contributed by atoms with Gasteiger partial charge in [0.25, 0.3) is 10.2 Å². The van der Waals surface area contributed by atoms with Gasteiger partial charge in [-0.05, 0) is 36.5 Å². The van der Waals surface area contributed by atoms with Gasteiger partial charge in [0.1, 0.15) is 17.7 Å². The van der Waals surface area contributed by atoms with Gasteiger partial charge < -0.3 is 10.5 Å². The van der Waals surface area contributed by atoms with E-state index in [-0.39, 0.29) is 11.6 Å². The van der Waals surface area contributed by atoms with E-state index in [1.165, 1.54) is 4.31 Å². The Bertz CT molecular complexity index is 855. The lowest BCUT2D eigenvalue weighted by Crippen LogP contribution is -2.49. The van der Waals surface area contributed by atoms with Crippen molar-refractivity contribution in [3.05, 3.63) is 35.4 Å². The smallest absolute Gasteiger partial charge is 0.281 e. The van der Waals surface area contributed by atoms with Crippen molar-refractivity contribution in [3.63, 3.8) is 0 Å². The highest BCUT2D eigenvalue weighted by Gasteiger charge is 2.47. The third-order valence-electron chi connectivity index (χ3n) is 6.45. The third kappa shape index (κ3) is 3.94. The zero-order valence-electron chi connectivity index (χ0n) is 16.7. The predicted molar refractivity (Wildman–Crippen MR) is 104 cm³/mol. The minimum absolute atomic E-state index is 0.0994. The standard InChI is InChI=1S/C19H28F2N4O3S/c1-23(2)29(26,27)25-9-12-7-24(8-13(12)10-25)15-6-18(22)19(28-11-15)16-5-14(20)3-4-17(16)21/h3-5,12-13,15,18-19H,6-11,22H2,1-2H3. The molecule has 0 saturated carbocycles. The highest BCUT2D eigenvalue weighted by Crippen LogP contribution is 2.37. The topological polar surface area (TPSA) is 79.1 Å². The van der Waals surface area contributed by atoms with Crippen LogP contribution in [0.3, 0.4) is 0 Å². The fraction of sp³-hybridized carbons (Fsp3) is 0.684. The number of hydrogen-bond donors (Lipinski definition) is 1. The van der Waals surface area contributed by atoms with Crippen LogP contribution in [-0.4, -0.2) is 80.9 Å². The summed E-state index contributed by atoms with van der Waals surface area (Å²) in [6.07, 6.45) is -0.0375. The van der Waals surface area contributed by atoms with Gasteiger partial charge in [-0.2, -0.15) is 17.0 Å². The molecule has 7 nitrogen and oxygen atoms in total. The molecule has 0 aromatic heterocycles. The van der Waals surface area contributed by atoms with E-state index >= 15 is 0 Å². The molecule has 3 heterocycles. The van der Waals surface area contributed by atoms with Crippen LogP contribution >= 0.6 is 0 Å². The van der Waals surface area contributed by atoms with Gasteiger partial charge in [0.05, 0.1) is 6.61 Å². The Hall–Kier alpha value is -1.17. The summed E-state index contributed by atoms with van der Waals surface area (Å²) in [5.41, 5.74) is 6.45. The van der Waals surface area contributed by atoms with E-state index in [9.17, 15) is 17.2 Å². The molecule has 3 aliphatic rings. The van der Waals surface area contributed by atoms with E-state index in [2.05, 4.69) is 4.90 Å². The van der Waals surface area contributed by atoms with Crippen LogP contribution in [0.25, 0.3) is 0 Å². The number of nitrogens with two attached hydrogens (primary N) is 1. The summed E-state index contributed by atoms with van der Waals surface area (Å²) in [5.74, 6) is -0.439. The lowest BCUT2D eigenvalue weighted by Gasteiger charge is -2.39. The maximum atomic E-state index is 14.1. The van der Waals surface area contributed by atoms with Crippen LogP contribution in [-0.2, 0) is 14.9 Å². The van der Waals surface area contributed by atoms with Crippen molar-refractivity contribution >= 4 is 10.2 Å². The highest BCUT2D eigenvalue weighted by atomic mass is 32.2. The molecule has 0 bridgehead atoms. The Morgan fingerprint density at radius 2 is 1.79 bits per heavy atom. The Morgan fingerprint density at radius 1 is 1.14 bits per heavy atom. The molecule has 0 amide bonds. The summed E-state index contributed by atoms with van der Waals surface area (Å²) >= 11 is 0. The lowest BCUT2D eigenvalue weighted by atomic mass is 9.93. The van der Waals surface area contributed by atoms with Crippen LogP contribution in [0.4, 0.5) is 8.78 Å². The molecule has 1 aromatic rings. The van der Waals surface area contributed by atoms with Gasteiger partial charge in [-0.25, -0.2) is 8.78 Å². The van der Waals surface area contributed by atoms with E-state index in [1.54, 1.807) is 18.4 Å². The number of halogens is 2. The van der Waals surface area contributed by atoms with Crippen LogP contribution in [0.5, 0.6) is 0 Å². The van der Waals surface area contributed by atoms with Crippen LogP contribution in [0.15, 0.2) is 18.2 Å². The first-order chi connectivity index (χ1) is 13.7. The molecule has 1 aromatic carbocycles. The Balaban J connectivity index is 1.37. The normalized spacial score (nSPS) is 34.1. The van der Waals surface area contributed by atoms with Gasteiger partial charge in [-0.15, -0.1) is 0 Å². The number of ether oxygens (including phenoxy) is 1. The Morgan fingerprint density at radius 3 is 2.38 bits per heavy atom. The van der Waals surface area contributed by atoms with Crippen LogP contribution < -0.4 is 5.73 Å². The van der Waals surface area contributed by atoms with E-state index < -0.39 is 34.0 Å². The van der Waals surface area contributed by atoms with Crippen molar-refractivity contribution in [2.24, 2.45) is 17.6 Å². The molecule has 162 valence electrons. The fourth-order valence-corrected chi connectivity index (χ4v) is 6.08. The Labute approximate surface area is 170 Å². The largest absolute Gasteiger partial charge is 0.370 e. The number of likely N-dealkylation sites (tertiary alicyclic amines) is 1. The van der Waals surface area contributed by atoms with Gasteiger partial charge in [0.15, 0.2) is 0 Å². The fourth-order valence-electron chi connectivity index (χ4n) is 4.86. The molecule has 0 radical (unpaired) electrons. The maximum Gasteiger partial charge on any atom is 0.281 e. The van der Waals surface area contributed by atoms with E-state index in [1.807, 2.05) is 0 Å². The van der Waals surface area contributed by atoms with Crippen molar-refractivity contribution in [1.82, 2.24) is 13.5 Å². The summed E-state index contributed by atoms with van der Waals surface area (Å²) in [4.78, 5) is 2.31. The van der Waals surface area contributed by atoms with Gasteiger partial charge in [-0.1, -0.05) is 0 Å². The monoisotopic (exact) mass is 430 g/mol. The molecule has 0 aliphatic carbocycles. The highest BCUT2D eigenvalue weighted by molar-refractivity contribution is 7.86. The average molecular weight is 431 g/mol. The second-order valence-corrected chi connectivity index (χ2v) is 10.7. The molecule has 10 heteroatoms. The van der Waals surface area contributed by atoms with Gasteiger partial charge in [0, 0.05) is 57.9 Å². The first-order valence-corrected chi connectivity index (χ1v) is 11.3. The molecular formula is C19H28F2N4O3S. The quantitative estimate of drug-likeness (QED) is 0.764. The maximum absolute atomic E-state index is 14.1. The summed E-state index contributed by atoms with van der Waals surface area (Å²) in [6, 6.07) is 3.00. The molecule has 3 aliphatic heterocycles.